The van der Waals surface area contributed by atoms with E-state index in [0.717, 1.165) is 12.1 Å². The summed E-state index contributed by atoms with van der Waals surface area (Å²) >= 11 is 5.64. The summed E-state index contributed by atoms with van der Waals surface area (Å²) in [6, 6.07) is 3.27. The quantitative estimate of drug-likeness (QED) is 0.696. The van der Waals surface area contributed by atoms with E-state index >= 15 is 0 Å². The first-order valence-electron chi connectivity index (χ1n) is 3.96. The molecule has 0 aliphatic heterocycles. The van der Waals surface area contributed by atoms with Crippen molar-refractivity contribution in [3.63, 3.8) is 0 Å². The third-order valence-electron chi connectivity index (χ3n) is 1.95. The van der Waals surface area contributed by atoms with E-state index in [1.807, 2.05) is 0 Å². The summed E-state index contributed by atoms with van der Waals surface area (Å²) in [6.45, 7) is 0. The molecule has 0 bridgehead atoms. The lowest BCUT2D eigenvalue weighted by molar-refractivity contribution is -0.137. The average Bonchev–Trinajstić information content (AvgIpc) is 2.16. The fourth-order valence-electron chi connectivity index (χ4n) is 1.22. The molecule has 0 atom stereocenters. The van der Waals surface area contributed by atoms with Crippen molar-refractivity contribution < 1.29 is 13.2 Å². The Balaban J connectivity index is 2.70. The van der Waals surface area contributed by atoms with Crippen molar-refractivity contribution in [1.82, 2.24) is 10.2 Å². The van der Waals surface area contributed by atoms with Gasteiger partial charge in [0.25, 0.3) is 0 Å². The molecule has 0 saturated heterocycles. The third-order valence-corrected chi connectivity index (χ3v) is 2.22. The molecule has 0 unspecified atom stereocenters. The lowest BCUT2D eigenvalue weighted by Gasteiger charge is -2.07. The number of hydrogen-bond donors (Lipinski definition) is 0. The molecule has 1 aromatic carbocycles. The summed E-state index contributed by atoms with van der Waals surface area (Å²) in [5.41, 5.74) is -0.745. The van der Waals surface area contributed by atoms with Crippen molar-refractivity contribution in [2.24, 2.45) is 0 Å². The Bertz CT molecular complexity index is 510. The molecule has 2 aromatic rings. The monoisotopic (exact) mass is 232 g/mol. The second-order valence-electron chi connectivity index (χ2n) is 2.94. The van der Waals surface area contributed by atoms with E-state index in [-0.39, 0.29) is 10.5 Å². The second kappa shape index (κ2) is 3.34. The smallest absolute Gasteiger partial charge is 0.166 e. The van der Waals surface area contributed by atoms with Crippen LogP contribution < -0.4 is 0 Å². The minimum atomic E-state index is -4.37. The van der Waals surface area contributed by atoms with Gasteiger partial charge in [-0.25, -0.2) is 0 Å². The SMILES string of the molecule is FC(F)(F)c1ccc2cnnc(Cl)c2c1. The molecule has 0 saturated carbocycles. The minimum Gasteiger partial charge on any atom is -0.166 e. The lowest BCUT2D eigenvalue weighted by Crippen LogP contribution is -2.04. The molecule has 0 aliphatic carbocycles. The number of alkyl halides is 3. The fourth-order valence-corrected chi connectivity index (χ4v) is 1.43. The number of hydrogen-bond acceptors (Lipinski definition) is 2. The molecule has 0 radical (unpaired) electrons. The Morgan fingerprint density at radius 3 is 2.60 bits per heavy atom. The molecule has 6 heteroatoms. The molecule has 78 valence electrons. The second-order valence-corrected chi connectivity index (χ2v) is 3.29. The van der Waals surface area contributed by atoms with Crippen molar-refractivity contribution >= 4 is 22.4 Å². The summed E-state index contributed by atoms with van der Waals surface area (Å²) in [6.07, 6.45) is -3.01. The Morgan fingerprint density at radius 1 is 1.20 bits per heavy atom. The van der Waals surface area contributed by atoms with Gasteiger partial charge in [-0.05, 0) is 12.1 Å². The highest BCUT2D eigenvalue weighted by Gasteiger charge is 2.30. The zero-order valence-corrected chi connectivity index (χ0v) is 7.97. The van der Waals surface area contributed by atoms with Gasteiger partial charge >= 0.3 is 6.18 Å². The van der Waals surface area contributed by atoms with Crippen molar-refractivity contribution in [2.75, 3.05) is 0 Å². The molecule has 0 fully saturated rings. The maximum Gasteiger partial charge on any atom is 0.416 e. The van der Waals surface area contributed by atoms with E-state index < -0.39 is 11.7 Å². The van der Waals surface area contributed by atoms with E-state index in [2.05, 4.69) is 10.2 Å². The van der Waals surface area contributed by atoms with Crippen LogP contribution in [0.5, 0.6) is 0 Å². The predicted octanol–water partition coefficient (Wildman–Crippen LogP) is 3.30. The maximum atomic E-state index is 12.4. The normalized spacial score (nSPS) is 12.0. The number of rotatable bonds is 0. The molecule has 0 amide bonds. The van der Waals surface area contributed by atoms with Crippen LogP contribution in [0.1, 0.15) is 5.56 Å². The minimum absolute atomic E-state index is 0.0291. The van der Waals surface area contributed by atoms with E-state index in [1.165, 1.54) is 12.3 Å². The van der Waals surface area contributed by atoms with Gasteiger partial charge in [-0.1, -0.05) is 17.7 Å². The zero-order valence-electron chi connectivity index (χ0n) is 7.22. The van der Waals surface area contributed by atoms with E-state index in [1.54, 1.807) is 0 Å². The van der Waals surface area contributed by atoms with Gasteiger partial charge in [0.1, 0.15) is 0 Å². The summed E-state index contributed by atoms with van der Waals surface area (Å²) in [4.78, 5) is 0. The Hall–Kier alpha value is -1.36. The molecule has 0 N–H and O–H groups in total. The van der Waals surface area contributed by atoms with Crippen LogP contribution in [0.25, 0.3) is 10.8 Å². The van der Waals surface area contributed by atoms with Crippen molar-refractivity contribution in [1.29, 1.82) is 0 Å². The van der Waals surface area contributed by atoms with Gasteiger partial charge in [0, 0.05) is 10.8 Å². The van der Waals surface area contributed by atoms with Crippen LogP contribution in [0.3, 0.4) is 0 Å². The van der Waals surface area contributed by atoms with Crippen LogP contribution in [-0.4, -0.2) is 10.2 Å². The van der Waals surface area contributed by atoms with Gasteiger partial charge in [0.2, 0.25) is 0 Å². The molecular weight excluding hydrogens is 229 g/mol. The highest BCUT2D eigenvalue weighted by molar-refractivity contribution is 6.34. The summed E-state index contributed by atoms with van der Waals surface area (Å²) in [7, 11) is 0. The first kappa shape index (κ1) is 10.2. The van der Waals surface area contributed by atoms with E-state index in [9.17, 15) is 13.2 Å². The van der Waals surface area contributed by atoms with Gasteiger partial charge in [-0.15, -0.1) is 5.10 Å². The molecule has 1 heterocycles. The highest BCUT2D eigenvalue weighted by atomic mass is 35.5. The van der Waals surface area contributed by atoms with Gasteiger partial charge in [0.15, 0.2) is 5.15 Å². The van der Waals surface area contributed by atoms with Crippen LogP contribution in [0, 0.1) is 0 Å². The van der Waals surface area contributed by atoms with Crippen LogP contribution in [0.4, 0.5) is 13.2 Å². The lowest BCUT2D eigenvalue weighted by atomic mass is 10.1. The number of nitrogens with zero attached hydrogens (tertiary/aromatic N) is 2. The van der Waals surface area contributed by atoms with E-state index in [0.29, 0.717) is 5.39 Å². The standard InChI is InChI=1S/C9H4ClF3N2/c10-8-7-3-6(9(11,12)13)2-1-5(7)4-14-15-8/h1-4H. The first-order valence-corrected chi connectivity index (χ1v) is 4.34. The first-order chi connectivity index (χ1) is 6.98. The Labute approximate surface area is 87.7 Å². The van der Waals surface area contributed by atoms with Crippen molar-refractivity contribution in [2.45, 2.75) is 6.18 Å². The largest absolute Gasteiger partial charge is 0.416 e. The predicted molar refractivity (Wildman–Crippen MR) is 49.6 cm³/mol. The number of aromatic nitrogens is 2. The Morgan fingerprint density at radius 2 is 1.93 bits per heavy atom. The summed E-state index contributed by atoms with van der Waals surface area (Å²) < 4.78 is 37.1. The summed E-state index contributed by atoms with van der Waals surface area (Å²) in [5, 5.41) is 7.77. The fraction of sp³-hybridized carbons (Fsp3) is 0.111. The van der Waals surface area contributed by atoms with Gasteiger partial charge in [-0.3, -0.25) is 0 Å². The molecule has 15 heavy (non-hydrogen) atoms. The number of halogens is 4. The van der Waals surface area contributed by atoms with Crippen LogP contribution in [0.15, 0.2) is 24.4 Å². The van der Waals surface area contributed by atoms with Gasteiger partial charge in [0.05, 0.1) is 11.8 Å². The van der Waals surface area contributed by atoms with Gasteiger partial charge < -0.3 is 0 Å². The topological polar surface area (TPSA) is 25.8 Å². The third kappa shape index (κ3) is 1.87. The molecule has 0 aliphatic rings. The summed E-state index contributed by atoms with van der Waals surface area (Å²) in [5.74, 6) is 0. The van der Waals surface area contributed by atoms with Crippen molar-refractivity contribution in [3.8, 4) is 0 Å². The average molecular weight is 233 g/mol. The molecule has 2 rings (SSSR count). The van der Waals surface area contributed by atoms with E-state index in [4.69, 9.17) is 11.6 Å². The van der Waals surface area contributed by atoms with Crippen LogP contribution >= 0.6 is 11.6 Å². The van der Waals surface area contributed by atoms with Crippen molar-refractivity contribution in [3.05, 3.63) is 35.1 Å². The maximum absolute atomic E-state index is 12.4. The van der Waals surface area contributed by atoms with Crippen LogP contribution in [0.2, 0.25) is 5.15 Å². The molecule has 1 aromatic heterocycles. The molecule has 2 nitrogen and oxygen atoms in total. The zero-order chi connectivity index (χ0) is 11.1. The highest BCUT2D eigenvalue weighted by Crippen LogP contribution is 2.32. The Kier molecular flexibility index (Phi) is 2.26. The van der Waals surface area contributed by atoms with Crippen LogP contribution in [-0.2, 0) is 6.18 Å². The van der Waals surface area contributed by atoms with Gasteiger partial charge in [-0.2, -0.15) is 18.3 Å². The number of fused-ring (bicyclic) bond motifs is 1. The molecule has 0 spiro atoms. The molecular formula is C9H4ClF3N2. The number of benzene rings is 1.